The Bertz CT molecular complexity index is 425. The molecule has 0 heterocycles. The van der Waals surface area contributed by atoms with Crippen molar-refractivity contribution in [1.29, 1.82) is 5.26 Å². The molecule has 1 aromatic carbocycles. The number of amides is 1. The van der Waals surface area contributed by atoms with Gasteiger partial charge in [-0.2, -0.15) is 5.26 Å². The first kappa shape index (κ1) is 12.2. The molecule has 1 rings (SSSR count). The summed E-state index contributed by atoms with van der Waals surface area (Å²) in [6.45, 7) is 0. The zero-order valence-electron chi connectivity index (χ0n) is 8.50. The minimum Gasteiger partial charge on any atom is -0.390 e. The summed E-state index contributed by atoms with van der Waals surface area (Å²) in [4.78, 5) is 10.6. The lowest BCUT2D eigenvalue weighted by atomic mass is 9.97. The maximum atomic E-state index is 10.6. The second kappa shape index (κ2) is 5.26. The van der Waals surface area contributed by atoms with Crippen LogP contribution in [0.4, 0.5) is 0 Å². The van der Waals surface area contributed by atoms with E-state index in [9.17, 15) is 15.0 Å². The van der Waals surface area contributed by atoms with Crippen LogP contribution < -0.4 is 5.73 Å². The molecule has 0 spiro atoms. The normalized spacial score (nSPS) is 13.8. The van der Waals surface area contributed by atoms with Crippen molar-refractivity contribution in [1.82, 2.24) is 0 Å². The van der Waals surface area contributed by atoms with E-state index in [1.54, 1.807) is 12.1 Å². The van der Waals surface area contributed by atoms with Crippen LogP contribution in [0.5, 0.6) is 0 Å². The number of aliphatic hydroxyl groups is 2. The first-order chi connectivity index (χ1) is 7.56. The van der Waals surface area contributed by atoms with Crippen LogP contribution in [0.3, 0.4) is 0 Å². The van der Waals surface area contributed by atoms with E-state index in [2.05, 4.69) is 0 Å². The Hall–Kier alpha value is -1.90. The van der Waals surface area contributed by atoms with Gasteiger partial charge >= 0.3 is 0 Å². The van der Waals surface area contributed by atoms with Crippen LogP contribution in [0.25, 0.3) is 0 Å². The average Bonchev–Trinajstić information content (AvgIpc) is 2.27. The van der Waals surface area contributed by atoms with Gasteiger partial charge in [0.2, 0.25) is 5.91 Å². The Kier molecular flexibility index (Phi) is 4.00. The first-order valence-electron chi connectivity index (χ1n) is 4.69. The van der Waals surface area contributed by atoms with Gasteiger partial charge in [-0.25, -0.2) is 0 Å². The largest absolute Gasteiger partial charge is 0.390 e. The predicted molar refractivity (Wildman–Crippen MR) is 55.9 cm³/mol. The molecule has 0 aromatic heterocycles. The summed E-state index contributed by atoms with van der Waals surface area (Å²) in [7, 11) is 0. The van der Waals surface area contributed by atoms with Crippen LogP contribution >= 0.6 is 0 Å². The predicted octanol–water partition coefficient (Wildman–Crippen LogP) is -0.172. The third-order valence-corrected chi connectivity index (χ3v) is 2.17. The van der Waals surface area contributed by atoms with Crippen molar-refractivity contribution in [3.8, 4) is 6.07 Å². The van der Waals surface area contributed by atoms with Gasteiger partial charge in [-0.1, -0.05) is 18.2 Å². The van der Waals surface area contributed by atoms with Gasteiger partial charge in [0.15, 0.2) is 0 Å². The van der Waals surface area contributed by atoms with E-state index >= 15 is 0 Å². The van der Waals surface area contributed by atoms with Crippen molar-refractivity contribution in [3.63, 3.8) is 0 Å². The number of hydrogen-bond donors (Lipinski definition) is 3. The van der Waals surface area contributed by atoms with Crippen molar-refractivity contribution < 1.29 is 15.0 Å². The molecule has 0 aliphatic rings. The molecule has 16 heavy (non-hydrogen) atoms. The minimum atomic E-state index is -1.30. The van der Waals surface area contributed by atoms with Crippen LogP contribution in [-0.4, -0.2) is 22.2 Å². The quantitative estimate of drug-likeness (QED) is 0.654. The van der Waals surface area contributed by atoms with E-state index < -0.39 is 18.1 Å². The lowest BCUT2D eigenvalue weighted by Crippen LogP contribution is -2.26. The maximum Gasteiger partial charge on any atom is 0.220 e. The van der Waals surface area contributed by atoms with Crippen molar-refractivity contribution in [3.05, 3.63) is 35.4 Å². The molecule has 5 heteroatoms. The summed E-state index contributed by atoms with van der Waals surface area (Å²) in [6, 6.07) is 8.23. The number of benzene rings is 1. The van der Waals surface area contributed by atoms with Crippen LogP contribution in [-0.2, 0) is 4.79 Å². The lowest BCUT2D eigenvalue weighted by Gasteiger charge is -2.17. The van der Waals surface area contributed by atoms with Crippen LogP contribution in [0.2, 0.25) is 0 Å². The van der Waals surface area contributed by atoms with Crippen LogP contribution in [0, 0.1) is 11.3 Å². The minimum absolute atomic E-state index is 0.263. The molecule has 0 saturated heterocycles. The highest BCUT2D eigenvalue weighted by molar-refractivity contribution is 5.74. The number of rotatable bonds is 4. The monoisotopic (exact) mass is 220 g/mol. The Balaban J connectivity index is 2.92. The number of carbonyl (C=O) groups excluding carboxylic acids is 1. The van der Waals surface area contributed by atoms with E-state index in [0.29, 0.717) is 5.56 Å². The summed E-state index contributed by atoms with van der Waals surface area (Å²) in [5.41, 5.74) is 5.46. The molecule has 5 nitrogen and oxygen atoms in total. The van der Waals surface area contributed by atoms with Crippen molar-refractivity contribution in [2.24, 2.45) is 5.73 Å². The Morgan fingerprint density at radius 2 is 2.06 bits per heavy atom. The Morgan fingerprint density at radius 3 is 2.62 bits per heavy atom. The van der Waals surface area contributed by atoms with Gasteiger partial charge in [0, 0.05) is 5.56 Å². The fraction of sp³-hybridized carbons (Fsp3) is 0.273. The van der Waals surface area contributed by atoms with Crippen molar-refractivity contribution in [2.75, 3.05) is 0 Å². The average molecular weight is 220 g/mol. The van der Waals surface area contributed by atoms with Crippen molar-refractivity contribution in [2.45, 2.75) is 18.6 Å². The zero-order chi connectivity index (χ0) is 12.1. The highest BCUT2D eigenvalue weighted by Crippen LogP contribution is 2.21. The molecule has 0 saturated carbocycles. The highest BCUT2D eigenvalue weighted by Gasteiger charge is 2.22. The van der Waals surface area contributed by atoms with Gasteiger partial charge in [0.05, 0.1) is 24.2 Å². The molecular formula is C11H12N2O3. The molecule has 0 aliphatic carbocycles. The smallest absolute Gasteiger partial charge is 0.220 e. The van der Waals surface area contributed by atoms with Gasteiger partial charge in [-0.05, 0) is 6.07 Å². The standard InChI is InChI=1S/C11H12N2O3/c12-6-7-3-1-2-4-8(7)11(16)9(14)5-10(13)15/h1-4,9,11,14,16H,5H2,(H2,13,15). The molecule has 0 bridgehead atoms. The molecule has 2 atom stereocenters. The molecule has 0 aliphatic heterocycles. The molecule has 2 unspecified atom stereocenters. The second-order valence-electron chi connectivity index (χ2n) is 3.38. The Labute approximate surface area is 92.7 Å². The molecule has 1 amide bonds. The topological polar surface area (TPSA) is 107 Å². The number of carbonyl (C=O) groups is 1. The molecule has 1 aromatic rings. The van der Waals surface area contributed by atoms with E-state index in [1.165, 1.54) is 12.1 Å². The highest BCUT2D eigenvalue weighted by atomic mass is 16.3. The summed E-state index contributed by atoms with van der Waals surface area (Å²) in [6.07, 6.45) is -2.93. The number of nitrogens with two attached hydrogens (primary N) is 1. The van der Waals surface area contributed by atoms with Crippen LogP contribution in [0.15, 0.2) is 24.3 Å². The van der Waals surface area contributed by atoms with Gasteiger partial charge < -0.3 is 15.9 Å². The van der Waals surface area contributed by atoms with Crippen molar-refractivity contribution >= 4 is 5.91 Å². The Morgan fingerprint density at radius 1 is 1.44 bits per heavy atom. The number of primary amides is 1. The van der Waals surface area contributed by atoms with E-state index in [1.807, 2.05) is 6.07 Å². The maximum absolute atomic E-state index is 10.6. The SMILES string of the molecule is N#Cc1ccccc1C(O)C(O)CC(N)=O. The van der Waals surface area contributed by atoms with E-state index in [4.69, 9.17) is 11.0 Å². The fourth-order valence-electron chi connectivity index (χ4n) is 1.38. The lowest BCUT2D eigenvalue weighted by molar-refractivity contribution is -0.121. The third kappa shape index (κ3) is 2.79. The second-order valence-corrected chi connectivity index (χ2v) is 3.38. The molecular weight excluding hydrogens is 208 g/mol. The molecule has 0 radical (unpaired) electrons. The molecule has 0 fully saturated rings. The van der Waals surface area contributed by atoms with Gasteiger partial charge in [0.1, 0.15) is 6.10 Å². The summed E-state index contributed by atoms with van der Waals surface area (Å²) in [5.74, 6) is -0.707. The van der Waals surface area contributed by atoms with E-state index in [0.717, 1.165) is 0 Å². The summed E-state index contributed by atoms with van der Waals surface area (Å²) < 4.78 is 0. The van der Waals surface area contributed by atoms with Gasteiger partial charge in [-0.15, -0.1) is 0 Å². The first-order valence-corrected chi connectivity index (χ1v) is 4.69. The van der Waals surface area contributed by atoms with Gasteiger partial charge in [0.25, 0.3) is 0 Å². The van der Waals surface area contributed by atoms with Crippen LogP contribution in [0.1, 0.15) is 23.7 Å². The molecule has 84 valence electrons. The van der Waals surface area contributed by atoms with E-state index in [-0.39, 0.29) is 12.0 Å². The number of nitrogens with zero attached hydrogens (tertiary/aromatic N) is 1. The number of hydrogen-bond acceptors (Lipinski definition) is 4. The third-order valence-electron chi connectivity index (χ3n) is 2.17. The zero-order valence-corrected chi connectivity index (χ0v) is 8.50. The number of nitriles is 1. The summed E-state index contributed by atoms with van der Waals surface area (Å²) in [5, 5.41) is 28.0. The summed E-state index contributed by atoms with van der Waals surface area (Å²) >= 11 is 0. The fourth-order valence-corrected chi connectivity index (χ4v) is 1.38. The number of aliphatic hydroxyl groups excluding tert-OH is 2. The van der Waals surface area contributed by atoms with Gasteiger partial charge in [-0.3, -0.25) is 4.79 Å². The molecule has 4 N–H and O–H groups in total.